The van der Waals surface area contributed by atoms with E-state index in [0.717, 1.165) is 5.56 Å². The Labute approximate surface area is 201 Å². The van der Waals surface area contributed by atoms with Gasteiger partial charge in [0.25, 0.3) is 5.91 Å². The third-order valence-electron chi connectivity index (χ3n) is 5.67. The summed E-state index contributed by atoms with van der Waals surface area (Å²) in [5, 5.41) is 1.50. The predicted octanol–water partition coefficient (Wildman–Crippen LogP) is 5.34. The molecule has 1 aliphatic rings. The average molecular weight is 492 g/mol. The number of hydrogen-bond acceptors (Lipinski definition) is 5. The molecule has 0 spiro atoms. The molecule has 1 amide bonds. The molecule has 3 atom stereocenters. The topological polar surface area (TPSA) is 81.3 Å². The molecule has 1 aromatic carbocycles. The van der Waals surface area contributed by atoms with Crippen molar-refractivity contribution in [3.05, 3.63) is 81.1 Å². The number of likely N-dealkylation sites (tertiary alicyclic amines) is 1. The van der Waals surface area contributed by atoms with Crippen molar-refractivity contribution in [3.8, 4) is 5.88 Å². The minimum atomic E-state index is -0.231. The normalized spacial score (nSPS) is 19.1. The highest BCUT2D eigenvalue weighted by molar-refractivity contribution is 6.42. The number of benzene rings is 1. The van der Waals surface area contributed by atoms with E-state index in [9.17, 15) is 4.79 Å². The Morgan fingerprint density at radius 1 is 1.06 bits per heavy atom. The first-order valence-electron chi connectivity index (χ1n) is 10.1. The number of anilines is 1. The highest BCUT2D eigenvalue weighted by Gasteiger charge is 2.40. The molecule has 3 heterocycles. The van der Waals surface area contributed by atoms with Gasteiger partial charge < -0.3 is 15.4 Å². The molecule has 2 N–H and O–H groups in total. The summed E-state index contributed by atoms with van der Waals surface area (Å²) in [6, 6.07) is 12.3. The first-order valence-corrected chi connectivity index (χ1v) is 11.2. The summed E-state index contributed by atoms with van der Waals surface area (Å²) < 4.78 is 6.11. The van der Waals surface area contributed by atoms with Crippen molar-refractivity contribution in [2.24, 2.45) is 5.92 Å². The number of ether oxygens (including phenoxy) is 1. The van der Waals surface area contributed by atoms with Gasteiger partial charge in [0.1, 0.15) is 11.9 Å². The number of hydrogen-bond donors (Lipinski definition) is 1. The van der Waals surface area contributed by atoms with Crippen LogP contribution in [0.1, 0.15) is 28.8 Å². The van der Waals surface area contributed by atoms with Gasteiger partial charge >= 0.3 is 0 Å². The lowest BCUT2D eigenvalue weighted by molar-refractivity contribution is 0.0769. The largest absolute Gasteiger partial charge is 0.474 e. The lowest BCUT2D eigenvalue weighted by Crippen LogP contribution is -2.32. The van der Waals surface area contributed by atoms with Crippen LogP contribution in [0.25, 0.3) is 0 Å². The fourth-order valence-electron chi connectivity index (χ4n) is 3.99. The molecule has 9 heteroatoms. The van der Waals surface area contributed by atoms with Crippen LogP contribution < -0.4 is 10.5 Å². The van der Waals surface area contributed by atoms with Crippen molar-refractivity contribution in [2.75, 3.05) is 18.8 Å². The van der Waals surface area contributed by atoms with E-state index in [1.807, 2.05) is 19.1 Å². The van der Waals surface area contributed by atoms with Crippen LogP contribution in [0.2, 0.25) is 15.1 Å². The molecule has 32 heavy (non-hydrogen) atoms. The molecule has 166 valence electrons. The number of halogens is 3. The van der Waals surface area contributed by atoms with Crippen LogP contribution in [-0.4, -0.2) is 40.0 Å². The number of nitrogens with zero attached hydrogens (tertiary/aromatic N) is 3. The van der Waals surface area contributed by atoms with Crippen molar-refractivity contribution in [3.63, 3.8) is 0 Å². The summed E-state index contributed by atoms with van der Waals surface area (Å²) >= 11 is 18.3. The summed E-state index contributed by atoms with van der Waals surface area (Å²) in [5.41, 5.74) is 7.14. The van der Waals surface area contributed by atoms with Gasteiger partial charge in [-0.2, -0.15) is 0 Å². The van der Waals surface area contributed by atoms with E-state index in [-0.39, 0.29) is 23.8 Å². The van der Waals surface area contributed by atoms with Crippen LogP contribution in [0.3, 0.4) is 0 Å². The lowest BCUT2D eigenvalue weighted by atomic mass is 9.86. The Kier molecular flexibility index (Phi) is 6.74. The Morgan fingerprint density at radius 2 is 1.88 bits per heavy atom. The molecule has 1 aliphatic heterocycles. The second-order valence-corrected chi connectivity index (χ2v) is 9.01. The zero-order valence-corrected chi connectivity index (χ0v) is 19.5. The zero-order chi connectivity index (χ0) is 22.8. The fraction of sp³-hybridized carbons (Fsp3) is 0.261. The number of nitrogens with two attached hydrogens (primary N) is 1. The van der Waals surface area contributed by atoms with Crippen LogP contribution in [0.4, 0.5) is 5.82 Å². The molecule has 1 saturated heterocycles. The second-order valence-electron chi connectivity index (χ2n) is 7.76. The number of rotatable bonds is 5. The number of nitrogen functional groups attached to an aromatic ring is 1. The molecule has 4 rings (SSSR count). The van der Waals surface area contributed by atoms with Gasteiger partial charge in [-0.15, -0.1) is 0 Å². The fourth-order valence-corrected chi connectivity index (χ4v) is 4.41. The molecule has 6 nitrogen and oxygen atoms in total. The Balaban J connectivity index is 1.61. The summed E-state index contributed by atoms with van der Waals surface area (Å²) in [7, 11) is 0. The zero-order valence-electron chi connectivity index (χ0n) is 17.2. The van der Waals surface area contributed by atoms with Gasteiger partial charge in [0.15, 0.2) is 0 Å². The molecule has 0 aliphatic carbocycles. The Hall–Kier alpha value is -2.54. The van der Waals surface area contributed by atoms with Crippen molar-refractivity contribution < 1.29 is 9.53 Å². The maximum absolute atomic E-state index is 13.2. The van der Waals surface area contributed by atoms with E-state index < -0.39 is 0 Å². The maximum atomic E-state index is 13.2. The van der Waals surface area contributed by atoms with Gasteiger partial charge in [-0.3, -0.25) is 4.79 Å². The van der Waals surface area contributed by atoms with E-state index in [1.54, 1.807) is 41.4 Å². The summed E-state index contributed by atoms with van der Waals surface area (Å²) in [6.07, 6.45) is 2.81. The minimum Gasteiger partial charge on any atom is -0.474 e. The van der Waals surface area contributed by atoms with Crippen LogP contribution in [-0.2, 0) is 0 Å². The van der Waals surface area contributed by atoms with E-state index in [2.05, 4.69) is 9.97 Å². The van der Waals surface area contributed by atoms with Crippen LogP contribution in [0, 0.1) is 5.92 Å². The maximum Gasteiger partial charge on any atom is 0.255 e. The standard InChI is InChI=1S/C23H21Cl3N4O2/c1-13(32-22-7-4-16(24)10-29-22)17-11-30(23(31)15-3-6-21(27)28-9-15)12-18(17)14-2-5-19(25)20(26)8-14/h2-10,13,17-18H,11-12H2,1H3,(H2,27,28)/t13-,17?,18+/m1/s1. The van der Waals surface area contributed by atoms with Crippen molar-refractivity contribution in [1.82, 2.24) is 14.9 Å². The monoisotopic (exact) mass is 490 g/mol. The Bertz CT molecular complexity index is 1110. The predicted molar refractivity (Wildman–Crippen MR) is 127 cm³/mol. The second kappa shape index (κ2) is 9.53. The van der Waals surface area contributed by atoms with Gasteiger partial charge in [0.2, 0.25) is 5.88 Å². The van der Waals surface area contributed by atoms with Crippen molar-refractivity contribution in [1.29, 1.82) is 0 Å². The van der Waals surface area contributed by atoms with Gasteiger partial charge in [-0.05, 0) is 42.8 Å². The first kappa shape index (κ1) is 22.6. The third-order valence-corrected chi connectivity index (χ3v) is 6.63. The number of pyridine rings is 2. The molecule has 3 aromatic rings. The lowest BCUT2D eigenvalue weighted by Gasteiger charge is -2.25. The smallest absolute Gasteiger partial charge is 0.255 e. The molecular weight excluding hydrogens is 471 g/mol. The van der Waals surface area contributed by atoms with Crippen LogP contribution in [0.5, 0.6) is 5.88 Å². The van der Waals surface area contributed by atoms with Crippen LogP contribution >= 0.6 is 34.8 Å². The first-order chi connectivity index (χ1) is 15.3. The molecule has 0 radical (unpaired) electrons. The highest BCUT2D eigenvalue weighted by Crippen LogP contribution is 2.38. The number of carbonyl (C=O) groups is 1. The molecule has 2 aromatic heterocycles. The van der Waals surface area contributed by atoms with Crippen molar-refractivity contribution in [2.45, 2.75) is 18.9 Å². The number of aromatic nitrogens is 2. The molecule has 1 unspecified atom stereocenters. The third kappa shape index (κ3) is 4.93. The minimum absolute atomic E-state index is 0.00208. The molecule has 1 fully saturated rings. The van der Waals surface area contributed by atoms with E-state index in [0.29, 0.717) is 45.4 Å². The molecule has 0 saturated carbocycles. The van der Waals surface area contributed by atoms with E-state index >= 15 is 0 Å². The van der Waals surface area contributed by atoms with Gasteiger partial charge in [-0.1, -0.05) is 40.9 Å². The van der Waals surface area contributed by atoms with Gasteiger partial charge in [-0.25, -0.2) is 9.97 Å². The summed E-state index contributed by atoms with van der Waals surface area (Å²) in [4.78, 5) is 23.2. The molecule has 0 bridgehead atoms. The van der Waals surface area contributed by atoms with E-state index in [4.69, 9.17) is 45.3 Å². The van der Waals surface area contributed by atoms with Gasteiger partial charge in [0, 0.05) is 43.4 Å². The van der Waals surface area contributed by atoms with Crippen molar-refractivity contribution >= 4 is 46.5 Å². The van der Waals surface area contributed by atoms with Gasteiger partial charge in [0.05, 0.1) is 20.6 Å². The average Bonchev–Trinajstić information content (AvgIpc) is 3.23. The number of amides is 1. The quantitative estimate of drug-likeness (QED) is 0.521. The molecular formula is C23H21Cl3N4O2. The number of carbonyl (C=O) groups excluding carboxylic acids is 1. The van der Waals surface area contributed by atoms with Crippen LogP contribution in [0.15, 0.2) is 54.9 Å². The highest BCUT2D eigenvalue weighted by atomic mass is 35.5. The summed E-state index contributed by atoms with van der Waals surface area (Å²) in [5.74, 6) is 0.726. The van der Waals surface area contributed by atoms with E-state index in [1.165, 1.54) is 6.20 Å². The SMILES string of the molecule is C[C@@H](Oc1ccc(Cl)cn1)C1CN(C(=O)c2ccc(N)nc2)C[C@H]1c1ccc(Cl)c(Cl)c1. The Morgan fingerprint density at radius 3 is 2.53 bits per heavy atom. The summed E-state index contributed by atoms with van der Waals surface area (Å²) in [6.45, 7) is 2.99.